The normalized spacial score (nSPS) is 14.8. The van der Waals surface area contributed by atoms with Crippen LogP contribution in [0.2, 0.25) is 0 Å². The highest BCUT2D eigenvalue weighted by Gasteiger charge is 2.28. The summed E-state index contributed by atoms with van der Waals surface area (Å²) in [4.78, 5) is 9.79. The first-order chi connectivity index (χ1) is 9.19. The molecule has 2 atom stereocenters. The van der Waals surface area contributed by atoms with Gasteiger partial charge in [0.05, 0.1) is 4.92 Å². The molecule has 7 nitrogen and oxygen atoms in total. The highest BCUT2D eigenvalue weighted by Crippen LogP contribution is 2.26. The number of nitrogens with two attached hydrogens (primary N) is 1. The fraction of sp³-hybridized carbons (Fsp3) is 0.500. The summed E-state index contributed by atoms with van der Waals surface area (Å²) in [5, 5.41) is 10.9. The van der Waals surface area contributed by atoms with Crippen molar-refractivity contribution < 1.29 is 13.3 Å². The van der Waals surface area contributed by atoms with Crippen molar-refractivity contribution in [2.24, 2.45) is 5.92 Å². The Labute approximate surface area is 118 Å². The second-order valence-corrected chi connectivity index (χ2v) is 6.46. The average Bonchev–Trinajstić information content (AvgIpc) is 2.36. The van der Waals surface area contributed by atoms with Gasteiger partial charge in [-0.1, -0.05) is 20.3 Å². The van der Waals surface area contributed by atoms with Crippen molar-refractivity contribution in [2.75, 3.05) is 5.73 Å². The monoisotopic (exact) mass is 301 g/mol. The van der Waals surface area contributed by atoms with Gasteiger partial charge in [-0.05, 0) is 25.0 Å². The molecule has 0 saturated heterocycles. The fourth-order valence-corrected chi connectivity index (χ4v) is 3.23. The smallest absolute Gasteiger partial charge is 0.289 e. The summed E-state index contributed by atoms with van der Waals surface area (Å²) < 4.78 is 27.0. The van der Waals surface area contributed by atoms with Gasteiger partial charge >= 0.3 is 0 Å². The van der Waals surface area contributed by atoms with E-state index in [1.165, 1.54) is 6.07 Å². The molecule has 0 heterocycles. The van der Waals surface area contributed by atoms with E-state index in [0.29, 0.717) is 0 Å². The molecule has 8 heteroatoms. The van der Waals surface area contributed by atoms with Crippen molar-refractivity contribution in [1.82, 2.24) is 4.72 Å². The van der Waals surface area contributed by atoms with E-state index in [1.54, 1.807) is 6.92 Å². The molecule has 3 N–H and O–H groups in total. The van der Waals surface area contributed by atoms with Crippen LogP contribution in [0.4, 0.5) is 11.4 Å². The molecule has 1 aromatic carbocycles. The van der Waals surface area contributed by atoms with Gasteiger partial charge < -0.3 is 5.73 Å². The van der Waals surface area contributed by atoms with E-state index in [1.807, 2.05) is 13.8 Å². The van der Waals surface area contributed by atoms with Crippen molar-refractivity contribution in [3.63, 3.8) is 0 Å². The van der Waals surface area contributed by atoms with E-state index >= 15 is 0 Å². The molecule has 0 aliphatic carbocycles. The van der Waals surface area contributed by atoms with Crippen LogP contribution in [-0.2, 0) is 10.0 Å². The van der Waals surface area contributed by atoms with Crippen molar-refractivity contribution in [3.8, 4) is 0 Å². The molecule has 2 unspecified atom stereocenters. The summed E-state index contributed by atoms with van der Waals surface area (Å²) in [7, 11) is -3.98. The van der Waals surface area contributed by atoms with Crippen LogP contribution in [0.5, 0.6) is 0 Å². The van der Waals surface area contributed by atoms with Crippen LogP contribution in [0.1, 0.15) is 27.2 Å². The van der Waals surface area contributed by atoms with Gasteiger partial charge in [0.25, 0.3) is 5.69 Å². The first kappa shape index (κ1) is 16.4. The van der Waals surface area contributed by atoms with E-state index in [0.717, 1.165) is 18.6 Å². The maximum absolute atomic E-state index is 12.3. The maximum Gasteiger partial charge on any atom is 0.289 e. The van der Waals surface area contributed by atoms with Crippen LogP contribution in [0.3, 0.4) is 0 Å². The quantitative estimate of drug-likeness (QED) is 0.473. The van der Waals surface area contributed by atoms with Crippen LogP contribution in [-0.4, -0.2) is 19.4 Å². The molecule has 0 saturated carbocycles. The van der Waals surface area contributed by atoms with Gasteiger partial charge in [0.2, 0.25) is 10.0 Å². The Bertz CT molecular complexity index is 601. The van der Waals surface area contributed by atoms with Crippen molar-refractivity contribution in [3.05, 3.63) is 28.3 Å². The van der Waals surface area contributed by atoms with E-state index in [2.05, 4.69) is 4.72 Å². The lowest BCUT2D eigenvalue weighted by Crippen LogP contribution is -2.37. The highest BCUT2D eigenvalue weighted by atomic mass is 32.2. The SMILES string of the molecule is CCC(C)C(C)NS(=O)(=O)c1cc(N)ccc1[N+](=O)[O-]. The number of nitro benzene ring substituents is 1. The number of nitrogens with zero attached hydrogens (tertiary/aromatic N) is 1. The zero-order chi connectivity index (χ0) is 15.5. The lowest BCUT2D eigenvalue weighted by atomic mass is 10.0. The predicted molar refractivity (Wildman–Crippen MR) is 76.7 cm³/mol. The van der Waals surface area contributed by atoms with Crippen molar-refractivity contribution in [1.29, 1.82) is 0 Å². The van der Waals surface area contributed by atoms with Gasteiger partial charge in [0.1, 0.15) is 0 Å². The molecule has 112 valence electrons. The molecular formula is C12H19N3O4S. The maximum atomic E-state index is 12.3. The Hall–Kier alpha value is -1.67. The third kappa shape index (κ3) is 3.67. The summed E-state index contributed by atoms with van der Waals surface area (Å²) in [6.45, 7) is 5.57. The molecule has 1 rings (SSSR count). The Balaban J connectivity index is 3.22. The van der Waals surface area contributed by atoms with Crippen LogP contribution in [0.15, 0.2) is 23.1 Å². The van der Waals surface area contributed by atoms with Gasteiger partial charge in [0, 0.05) is 17.8 Å². The highest BCUT2D eigenvalue weighted by molar-refractivity contribution is 7.89. The molecule has 1 aromatic rings. The number of hydrogen-bond acceptors (Lipinski definition) is 5. The number of rotatable bonds is 6. The molecule has 0 amide bonds. The molecule has 0 spiro atoms. The number of benzene rings is 1. The Kier molecular flexibility index (Phi) is 5.07. The van der Waals surface area contributed by atoms with E-state index in [9.17, 15) is 18.5 Å². The summed E-state index contributed by atoms with van der Waals surface area (Å²) in [6.07, 6.45) is 0.794. The summed E-state index contributed by atoms with van der Waals surface area (Å²) in [5.74, 6) is 0.116. The van der Waals surface area contributed by atoms with Gasteiger partial charge in [-0.2, -0.15) is 0 Å². The average molecular weight is 301 g/mol. The lowest BCUT2D eigenvalue weighted by Gasteiger charge is -2.19. The number of nitro groups is 1. The van der Waals surface area contributed by atoms with E-state index < -0.39 is 25.5 Å². The number of nitrogens with one attached hydrogen (secondary N) is 1. The molecule has 20 heavy (non-hydrogen) atoms. The Morgan fingerprint density at radius 1 is 1.40 bits per heavy atom. The number of nitrogen functional groups attached to an aromatic ring is 1. The summed E-state index contributed by atoms with van der Waals surface area (Å²) in [6, 6.07) is 3.17. The number of anilines is 1. The molecule has 0 bridgehead atoms. The zero-order valence-electron chi connectivity index (χ0n) is 11.7. The van der Waals surface area contributed by atoms with Gasteiger partial charge in [-0.15, -0.1) is 0 Å². The number of hydrogen-bond donors (Lipinski definition) is 2. The lowest BCUT2D eigenvalue weighted by molar-refractivity contribution is -0.387. The van der Waals surface area contributed by atoms with Crippen LogP contribution in [0, 0.1) is 16.0 Å². The van der Waals surface area contributed by atoms with Crippen molar-refractivity contribution >= 4 is 21.4 Å². The van der Waals surface area contributed by atoms with E-state index in [-0.39, 0.29) is 17.6 Å². The second kappa shape index (κ2) is 6.19. The zero-order valence-corrected chi connectivity index (χ0v) is 12.5. The molecule has 0 aliphatic rings. The minimum absolute atomic E-state index is 0.116. The van der Waals surface area contributed by atoms with Gasteiger partial charge in [-0.25, -0.2) is 13.1 Å². The molecule has 0 radical (unpaired) electrons. The minimum Gasteiger partial charge on any atom is -0.399 e. The Morgan fingerprint density at radius 3 is 2.50 bits per heavy atom. The molecule has 0 aromatic heterocycles. The first-order valence-electron chi connectivity index (χ1n) is 6.25. The first-order valence-corrected chi connectivity index (χ1v) is 7.73. The summed E-state index contributed by atoms with van der Waals surface area (Å²) in [5.41, 5.74) is 5.20. The van der Waals surface area contributed by atoms with Crippen molar-refractivity contribution in [2.45, 2.75) is 38.1 Å². The molecule has 0 fully saturated rings. The standard InChI is InChI=1S/C12H19N3O4S/c1-4-8(2)9(3)14-20(18,19)12-7-10(13)5-6-11(12)15(16)17/h5-9,14H,4,13H2,1-3H3. The largest absolute Gasteiger partial charge is 0.399 e. The van der Waals surface area contributed by atoms with Gasteiger partial charge in [0.15, 0.2) is 4.90 Å². The van der Waals surface area contributed by atoms with Crippen LogP contribution >= 0.6 is 0 Å². The van der Waals surface area contributed by atoms with Crippen LogP contribution < -0.4 is 10.5 Å². The second-order valence-electron chi connectivity index (χ2n) is 4.78. The third-order valence-electron chi connectivity index (χ3n) is 3.31. The Morgan fingerprint density at radius 2 is 2.00 bits per heavy atom. The molecular weight excluding hydrogens is 282 g/mol. The predicted octanol–water partition coefficient (Wildman–Crippen LogP) is 1.89. The minimum atomic E-state index is -3.98. The summed E-state index contributed by atoms with van der Waals surface area (Å²) >= 11 is 0. The fourth-order valence-electron chi connectivity index (χ4n) is 1.67. The van der Waals surface area contributed by atoms with E-state index in [4.69, 9.17) is 5.73 Å². The topological polar surface area (TPSA) is 115 Å². The third-order valence-corrected chi connectivity index (χ3v) is 4.90. The van der Waals surface area contributed by atoms with Crippen LogP contribution in [0.25, 0.3) is 0 Å². The van der Waals surface area contributed by atoms with Gasteiger partial charge in [-0.3, -0.25) is 10.1 Å². The number of sulfonamides is 1. The molecule has 0 aliphatic heterocycles.